The molecular weight excluding hydrogens is 152 g/mol. The average Bonchev–Trinajstić information content (AvgIpc) is 2.90. The van der Waals surface area contributed by atoms with Crippen molar-refractivity contribution in [3.05, 3.63) is 0 Å². The van der Waals surface area contributed by atoms with Gasteiger partial charge in [0, 0.05) is 6.61 Å². The summed E-state index contributed by atoms with van der Waals surface area (Å²) in [6, 6.07) is 0. The lowest BCUT2D eigenvalue weighted by Crippen LogP contribution is -2.29. The van der Waals surface area contributed by atoms with Crippen LogP contribution in [0.15, 0.2) is 0 Å². The van der Waals surface area contributed by atoms with Gasteiger partial charge in [-0.2, -0.15) is 0 Å². The monoisotopic (exact) mass is 170 g/mol. The molecule has 1 atom stereocenters. The van der Waals surface area contributed by atoms with Crippen LogP contribution in [0.3, 0.4) is 0 Å². The number of ether oxygens (including phenoxy) is 1. The first-order valence-electron chi connectivity index (χ1n) is 5.07. The molecule has 2 heteroatoms. The molecule has 2 rings (SSSR count). The number of aliphatic hydroxyl groups is 1. The molecule has 0 spiro atoms. The van der Waals surface area contributed by atoms with Crippen LogP contribution in [0.1, 0.15) is 38.5 Å². The zero-order chi connectivity index (χ0) is 8.44. The van der Waals surface area contributed by atoms with E-state index in [0.29, 0.717) is 12.7 Å². The van der Waals surface area contributed by atoms with E-state index < -0.39 is 0 Å². The minimum atomic E-state index is 0.236. The molecule has 1 aliphatic heterocycles. The SMILES string of the molecule is OCC1(CC2CO2)CCCCC1. The Morgan fingerprint density at radius 3 is 2.42 bits per heavy atom. The third-order valence-corrected chi connectivity index (χ3v) is 3.31. The van der Waals surface area contributed by atoms with Gasteiger partial charge < -0.3 is 9.84 Å². The molecular formula is C10H18O2. The standard InChI is InChI=1S/C10H18O2/c11-8-10(6-9-7-12-9)4-2-1-3-5-10/h9,11H,1-8H2. The zero-order valence-corrected chi connectivity index (χ0v) is 7.59. The van der Waals surface area contributed by atoms with E-state index in [4.69, 9.17) is 4.74 Å². The molecule has 0 amide bonds. The van der Waals surface area contributed by atoms with Gasteiger partial charge in [-0.1, -0.05) is 19.3 Å². The lowest BCUT2D eigenvalue weighted by Gasteiger charge is -2.35. The van der Waals surface area contributed by atoms with Gasteiger partial charge in [-0.05, 0) is 24.7 Å². The minimum absolute atomic E-state index is 0.236. The predicted octanol–water partition coefficient (Wildman–Crippen LogP) is 1.72. The molecule has 2 fully saturated rings. The molecule has 1 saturated carbocycles. The summed E-state index contributed by atoms with van der Waals surface area (Å²) in [5, 5.41) is 9.36. The largest absolute Gasteiger partial charge is 0.396 e. The van der Waals surface area contributed by atoms with Crippen molar-refractivity contribution in [2.75, 3.05) is 13.2 Å². The topological polar surface area (TPSA) is 32.8 Å². The summed E-state index contributed by atoms with van der Waals surface area (Å²) in [6.45, 7) is 1.30. The van der Waals surface area contributed by atoms with Crippen LogP contribution >= 0.6 is 0 Å². The highest BCUT2D eigenvalue weighted by Gasteiger charge is 2.38. The fourth-order valence-electron chi connectivity index (χ4n) is 2.40. The lowest BCUT2D eigenvalue weighted by molar-refractivity contribution is 0.0653. The van der Waals surface area contributed by atoms with Crippen LogP contribution in [0.4, 0.5) is 0 Å². The van der Waals surface area contributed by atoms with Crippen LogP contribution in [-0.4, -0.2) is 24.4 Å². The second-order valence-corrected chi connectivity index (χ2v) is 4.38. The lowest BCUT2D eigenvalue weighted by atomic mass is 9.72. The highest BCUT2D eigenvalue weighted by atomic mass is 16.6. The van der Waals surface area contributed by atoms with Gasteiger partial charge in [0.2, 0.25) is 0 Å². The molecule has 0 aromatic rings. The van der Waals surface area contributed by atoms with E-state index in [2.05, 4.69) is 0 Å². The van der Waals surface area contributed by atoms with Crippen LogP contribution < -0.4 is 0 Å². The van der Waals surface area contributed by atoms with E-state index in [9.17, 15) is 5.11 Å². The van der Waals surface area contributed by atoms with Gasteiger partial charge >= 0.3 is 0 Å². The summed E-state index contributed by atoms with van der Waals surface area (Å²) in [6.07, 6.45) is 7.96. The second-order valence-electron chi connectivity index (χ2n) is 4.38. The Balaban J connectivity index is 1.90. The van der Waals surface area contributed by atoms with Gasteiger partial charge in [0.25, 0.3) is 0 Å². The molecule has 0 radical (unpaired) electrons. The fraction of sp³-hybridized carbons (Fsp3) is 1.00. The second kappa shape index (κ2) is 3.35. The third kappa shape index (κ3) is 1.80. The molecule has 1 saturated heterocycles. The van der Waals surface area contributed by atoms with Crippen LogP contribution in [0, 0.1) is 5.41 Å². The van der Waals surface area contributed by atoms with E-state index in [1.165, 1.54) is 32.1 Å². The van der Waals surface area contributed by atoms with E-state index in [1.807, 2.05) is 0 Å². The number of hydrogen-bond acceptors (Lipinski definition) is 2. The highest BCUT2D eigenvalue weighted by Crippen LogP contribution is 2.42. The number of rotatable bonds is 3. The molecule has 0 bridgehead atoms. The summed E-state index contributed by atoms with van der Waals surface area (Å²) < 4.78 is 5.23. The number of hydrogen-bond donors (Lipinski definition) is 1. The van der Waals surface area contributed by atoms with Crippen LogP contribution in [0.25, 0.3) is 0 Å². The first kappa shape index (κ1) is 8.52. The van der Waals surface area contributed by atoms with Gasteiger partial charge in [-0.15, -0.1) is 0 Å². The van der Waals surface area contributed by atoms with E-state index in [0.717, 1.165) is 13.0 Å². The normalized spacial score (nSPS) is 33.2. The molecule has 1 aliphatic carbocycles. The average molecular weight is 170 g/mol. The maximum Gasteiger partial charge on any atom is 0.0816 e. The minimum Gasteiger partial charge on any atom is -0.396 e. The van der Waals surface area contributed by atoms with Crippen molar-refractivity contribution in [2.24, 2.45) is 5.41 Å². The molecule has 2 nitrogen and oxygen atoms in total. The molecule has 0 aromatic heterocycles. The maximum absolute atomic E-state index is 9.36. The molecule has 1 heterocycles. The Hall–Kier alpha value is -0.0800. The number of aliphatic hydroxyl groups excluding tert-OH is 1. The van der Waals surface area contributed by atoms with Gasteiger partial charge in [0.15, 0.2) is 0 Å². The molecule has 1 unspecified atom stereocenters. The van der Waals surface area contributed by atoms with Gasteiger partial charge in [0.05, 0.1) is 12.7 Å². The molecule has 1 N–H and O–H groups in total. The van der Waals surface area contributed by atoms with Crippen molar-refractivity contribution < 1.29 is 9.84 Å². The summed E-state index contributed by atoms with van der Waals surface area (Å²) in [4.78, 5) is 0. The smallest absolute Gasteiger partial charge is 0.0816 e. The molecule has 0 aromatic carbocycles. The highest BCUT2D eigenvalue weighted by molar-refractivity contribution is 4.87. The Morgan fingerprint density at radius 2 is 1.92 bits per heavy atom. The maximum atomic E-state index is 9.36. The first-order chi connectivity index (χ1) is 5.85. The van der Waals surface area contributed by atoms with Crippen molar-refractivity contribution in [3.63, 3.8) is 0 Å². The first-order valence-corrected chi connectivity index (χ1v) is 5.07. The van der Waals surface area contributed by atoms with Crippen LogP contribution in [0.2, 0.25) is 0 Å². The van der Waals surface area contributed by atoms with Gasteiger partial charge in [0.1, 0.15) is 0 Å². The van der Waals surface area contributed by atoms with Crippen LogP contribution in [0.5, 0.6) is 0 Å². The Kier molecular flexibility index (Phi) is 2.37. The van der Waals surface area contributed by atoms with Crippen molar-refractivity contribution in [1.29, 1.82) is 0 Å². The van der Waals surface area contributed by atoms with Crippen molar-refractivity contribution in [3.8, 4) is 0 Å². The Bertz CT molecular complexity index is 146. The quantitative estimate of drug-likeness (QED) is 0.654. The van der Waals surface area contributed by atoms with E-state index in [1.54, 1.807) is 0 Å². The van der Waals surface area contributed by atoms with E-state index >= 15 is 0 Å². The Morgan fingerprint density at radius 1 is 1.25 bits per heavy atom. The zero-order valence-electron chi connectivity index (χ0n) is 7.59. The van der Waals surface area contributed by atoms with E-state index in [-0.39, 0.29) is 5.41 Å². The van der Waals surface area contributed by atoms with Crippen molar-refractivity contribution in [2.45, 2.75) is 44.6 Å². The summed E-state index contributed by atoms with van der Waals surface area (Å²) in [5.74, 6) is 0. The third-order valence-electron chi connectivity index (χ3n) is 3.31. The molecule has 70 valence electrons. The van der Waals surface area contributed by atoms with Gasteiger partial charge in [-0.3, -0.25) is 0 Å². The number of epoxide rings is 1. The van der Waals surface area contributed by atoms with Crippen LogP contribution in [-0.2, 0) is 4.74 Å². The van der Waals surface area contributed by atoms with Crippen molar-refractivity contribution in [1.82, 2.24) is 0 Å². The molecule has 12 heavy (non-hydrogen) atoms. The molecule has 2 aliphatic rings. The summed E-state index contributed by atoms with van der Waals surface area (Å²) in [5.41, 5.74) is 0.236. The predicted molar refractivity (Wildman–Crippen MR) is 47.0 cm³/mol. The Labute approximate surface area is 73.9 Å². The summed E-state index contributed by atoms with van der Waals surface area (Å²) >= 11 is 0. The summed E-state index contributed by atoms with van der Waals surface area (Å²) in [7, 11) is 0. The fourth-order valence-corrected chi connectivity index (χ4v) is 2.40. The van der Waals surface area contributed by atoms with Crippen molar-refractivity contribution >= 4 is 0 Å². The van der Waals surface area contributed by atoms with Gasteiger partial charge in [-0.25, -0.2) is 0 Å².